The highest BCUT2D eigenvalue weighted by molar-refractivity contribution is 8.00. The predicted octanol–water partition coefficient (Wildman–Crippen LogP) is 3.60. The molecule has 0 aliphatic heterocycles. The first kappa shape index (κ1) is 15.5. The first-order chi connectivity index (χ1) is 10.1. The van der Waals surface area contributed by atoms with Crippen molar-refractivity contribution in [1.29, 1.82) is 0 Å². The molecule has 1 heterocycles. The minimum absolute atomic E-state index is 0.00242. The Morgan fingerprint density at radius 1 is 1.24 bits per heavy atom. The van der Waals surface area contributed by atoms with E-state index in [1.165, 1.54) is 23.7 Å². The molecular formula is C16H19N3OS. The molecule has 0 saturated carbocycles. The SMILES string of the molecule is CCC(Sc1cc(C)ncn1)C(=O)Nc1ccc(C)cc1. The highest BCUT2D eigenvalue weighted by Crippen LogP contribution is 2.25. The average molecular weight is 301 g/mol. The Morgan fingerprint density at radius 2 is 1.95 bits per heavy atom. The van der Waals surface area contributed by atoms with Gasteiger partial charge in [-0.2, -0.15) is 0 Å². The number of aromatic nitrogens is 2. The number of anilines is 1. The summed E-state index contributed by atoms with van der Waals surface area (Å²) in [6.45, 7) is 5.94. The number of benzene rings is 1. The lowest BCUT2D eigenvalue weighted by Crippen LogP contribution is -2.24. The van der Waals surface area contributed by atoms with Crippen molar-refractivity contribution in [1.82, 2.24) is 9.97 Å². The van der Waals surface area contributed by atoms with Crippen molar-refractivity contribution in [3.05, 3.63) is 47.9 Å². The second kappa shape index (κ2) is 7.22. The van der Waals surface area contributed by atoms with Gasteiger partial charge in [0.05, 0.1) is 5.25 Å². The Labute approximate surface area is 129 Å². The van der Waals surface area contributed by atoms with Crippen molar-refractivity contribution < 1.29 is 4.79 Å². The van der Waals surface area contributed by atoms with E-state index in [2.05, 4.69) is 15.3 Å². The van der Waals surface area contributed by atoms with Crippen LogP contribution in [0.4, 0.5) is 5.69 Å². The number of hydrogen-bond acceptors (Lipinski definition) is 4. The number of rotatable bonds is 5. The van der Waals surface area contributed by atoms with Crippen LogP contribution in [0.5, 0.6) is 0 Å². The van der Waals surface area contributed by atoms with Gasteiger partial charge in [-0.05, 0) is 38.5 Å². The molecule has 1 N–H and O–H groups in total. The highest BCUT2D eigenvalue weighted by Gasteiger charge is 2.18. The largest absolute Gasteiger partial charge is 0.325 e. The normalized spacial score (nSPS) is 12.0. The number of nitrogens with one attached hydrogen (secondary N) is 1. The third kappa shape index (κ3) is 4.56. The maximum Gasteiger partial charge on any atom is 0.237 e. The van der Waals surface area contributed by atoms with Crippen LogP contribution in [-0.2, 0) is 4.79 Å². The van der Waals surface area contributed by atoms with Gasteiger partial charge in [-0.1, -0.05) is 36.4 Å². The summed E-state index contributed by atoms with van der Waals surface area (Å²) in [5, 5.41) is 3.61. The minimum Gasteiger partial charge on any atom is -0.325 e. The Balaban J connectivity index is 2.03. The second-order valence-corrected chi connectivity index (χ2v) is 6.09. The molecule has 1 aromatic heterocycles. The first-order valence-electron chi connectivity index (χ1n) is 6.91. The van der Waals surface area contributed by atoms with Crippen LogP contribution < -0.4 is 5.32 Å². The number of aryl methyl sites for hydroxylation is 2. The fourth-order valence-corrected chi connectivity index (χ4v) is 2.79. The Hall–Kier alpha value is -1.88. The van der Waals surface area contributed by atoms with E-state index >= 15 is 0 Å². The average Bonchev–Trinajstić information content (AvgIpc) is 2.47. The van der Waals surface area contributed by atoms with Crippen LogP contribution in [-0.4, -0.2) is 21.1 Å². The summed E-state index contributed by atoms with van der Waals surface area (Å²) < 4.78 is 0. The molecule has 1 aromatic carbocycles. The van der Waals surface area contributed by atoms with E-state index in [0.29, 0.717) is 0 Å². The number of nitrogens with zero attached hydrogens (tertiary/aromatic N) is 2. The van der Waals surface area contributed by atoms with Crippen molar-refractivity contribution in [3.8, 4) is 0 Å². The molecule has 1 amide bonds. The van der Waals surface area contributed by atoms with Gasteiger partial charge in [0, 0.05) is 11.4 Å². The Bertz CT molecular complexity index is 613. The van der Waals surface area contributed by atoms with Crippen LogP contribution in [0.15, 0.2) is 41.7 Å². The van der Waals surface area contributed by atoms with Crippen LogP contribution in [0.2, 0.25) is 0 Å². The zero-order valence-corrected chi connectivity index (χ0v) is 13.3. The number of amides is 1. The summed E-state index contributed by atoms with van der Waals surface area (Å²) >= 11 is 1.47. The number of carbonyl (C=O) groups excluding carboxylic acids is 1. The van der Waals surface area contributed by atoms with Crippen molar-refractivity contribution in [3.63, 3.8) is 0 Å². The van der Waals surface area contributed by atoms with Gasteiger partial charge in [0.2, 0.25) is 5.91 Å². The number of thioether (sulfide) groups is 1. The van der Waals surface area contributed by atoms with Gasteiger partial charge in [-0.15, -0.1) is 0 Å². The van der Waals surface area contributed by atoms with Crippen LogP contribution in [0.3, 0.4) is 0 Å². The van der Waals surface area contributed by atoms with E-state index in [9.17, 15) is 4.79 Å². The molecule has 5 heteroatoms. The van der Waals surface area contributed by atoms with Crippen molar-refractivity contribution in [2.75, 3.05) is 5.32 Å². The van der Waals surface area contributed by atoms with Gasteiger partial charge < -0.3 is 5.32 Å². The number of carbonyl (C=O) groups is 1. The lowest BCUT2D eigenvalue weighted by molar-refractivity contribution is -0.115. The van der Waals surface area contributed by atoms with Crippen LogP contribution in [0.1, 0.15) is 24.6 Å². The molecule has 2 aromatic rings. The highest BCUT2D eigenvalue weighted by atomic mass is 32.2. The predicted molar refractivity (Wildman–Crippen MR) is 86.5 cm³/mol. The lowest BCUT2D eigenvalue weighted by atomic mass is 10.2. The van der Waals surface area contributed by atoms with E-state index in [0.717, 1.165) is 22.8 Å². The van der Waals surface area contributed by atoms with Crippen molar-refractivity contribution in [2.24, 2.45) is 0 Å². The monoisotopic (exact) mass is 301 g/mol. The second-order valence-electron chi connectivity index (χ2n) is 4.87. The standard InChI is InChI=1S/C16H19N3OS/c1-4-14(21-15-9-12(3)17-10-18-15)16(20)19-13-7-5-11(2)6-8-13/h5-10,14H,4H2,1-3H3,(H,19,20). The minimum atomic E-state index is -0.166. The molecule has 2 rings (SSSR count). The van der Waals surface area contributed by atoms with Gasteiger partial charge >= 0.3 is 0 Å². The van der Waals surface area contributed by atoms with E-state index in [1.807, 2.05) is 51.1 Å². The third-order valence-corrected chi connectivity index (χ3v) is 4.32. The molecular weight excluding hydrogens is 282 g/mol. The molecule has 0 aliphatic rings. The summed E-state index contributed by atoms with van der Waals surface area (Å²) in [4.78, 5) is 20.6. The zero-order valence-electron chi connectivity index (χ0n) is 12.5. The molecule has 0 aliphatic carbocycles. The van der Waals surface area contributed by atoms with E-state index in [-0.39, 0.29) is 11.2 Å². The lowest BCUT2D eigenvalue weighted by Gasteiger charge is -2.14. The fourth-order valence-electron chi connectivity index (χ4n) is 1.82. The molecule has 4 nitrogen and oxygen atoms in total. The van der Waals surface area contributed by atoms with Gasteiger partial charge in [0.1, 0.15) is 11.4 Å². The van der Waals surface area contributed by atoms with Gasteiger partial charge in [-0.3, -0.25) is 4.79 Å². The molecule has 0 bridgehead atoms. The quantitative estimate of drug-likeness (QED) is 0.677. The third-order valence-electron chi connectivity index (χ3n) is 3.02. The fraction of sp³-hybridized carbons (Fsp3) is 0.312. The molecule has 0 fully saturated rings. The Morgan fingerprint density at radius 3 is 2.57 bits per heavy atom. The maximum atomic E-state index is 12.3. The topological polar surface area (TPSA) is 54.9 Å². The molecule has 0 spiro atoms. The summed E-state index contributed by atoms with van der Waals surface area (Å²) in [7, 11) is 0. The first-order valence-corrected chi connectivity index (χ1v) is 7.79. The Kier molecular flexibility index (Phi) is 5.33. The van der Waals surface area contributed by atoms with Crippen molar-refractivity contribution >= 4 is 23.4 Å². The maximum absolute atomic E-state index is 12.3. The molecule has 1 atom stereocenters. The summed E-state index contributed by atoms with van der Waals surface area (Å²) in [6, 6.07) is 9.69. The van der Waals surface area contributed by atoms with E-state index < -0.39 is 0 Å². The zero-order chi connectivity index (χ0) is 15.2. The number of hydrogen-bond donors (Lipinski definition) is 1. The van der Waals surface area contributed by atoms with Crippen LogP contribution in [0.25, 0.3) is 0 Å². The van der Waals surface area contributed by atoms with Gasteiger partial charge in [-0.25, -0.2) is 9.97 Å². The molecule has 110 valence electrons. The summed E-state index contributed by atoms with van der Waals surface area (Å²) in [5.41, 5.74) is 2.90. The smallest absolute Gasteiger partial charge is 0.237 e. The van der Waals surface area contributed by atoms with Crippen LogP contribution in [0, 0.1) is 13.8 Å². The van der Waals surface area contributed by atoms with Crippen molar-refractivity contribution in [2.45, 2.75) is 37.5 Å². The van der Waals surface area contributed by atoms with Crippen LogP contribution >= 0.6 is 11.8 Å². The molecule has 0 radical (unpaired) electrons. The van der Waals surface area contributed by atoms with E-state index in [1.54, 1.807) is 0 Å². The summed E-state index contributed by atoms with van der Waals surface area (Å²) in [5.74, 6) is 0.00242. The molecule has 21 heavy (non-hydrogen) atoms. The molecule has 1 unspecified atom stereocenters. The van der Waals surface area contributed by atoms with Gasteiger partial charge in [0.25, 0.3) is 0 Å². The summed E-state index contributed by atoms with van der Waals surface area (Å²) in [6.07, 6.45) is 2.27. The van der Waals surface area contributed by atoms with Gasteiger partial charge in [0.15, 0.2) is 0 Å². The molecule has 0 saturated heterocycles. The van der Waals surface area contributed by atoms with E-state index in [4.69, 9.17) is 0 Å².